The van der Waals surface area contributed by atoms with Crippen molar-refractivity contribution in [2.45, 2.75) is 20.8 Å². The average molecular weight is 164 g/mol. The van der Waals surface area contributed by atoms with Gasteiger partial charge in [0, 0.05) is 5.41 Å². The molecule has 0 fully saturated rings. The largest absolute Gasteiger partial charge is 0.498 e. The molecule has 0 N–H and O–H groups in total. The molecular formula is C9H12N2O. The second-order valence-corrected chi connectivity index (χ2v) is 3.38. The highest BCUT2D eigenvalue weighted by Gasteiger charge is 2.22. The maximum Gasteiger partial charge on any atom is 0.167 e. The molecule has 0 unspecified atom stereocenters. The fraction of sp³-hybridized carbons (Fsp3) is 0.556. The van der Waals surface area contributed by atoms with Gasteiger partial charge in [0.2, 0.25) is 0 Å². The summed E-state index contributed by atoms with van der Waals surface area (Å²) in [5.41, 5.74) is -0.250. The van der Waals surface area contributed by atoms with Gasteiger partial charge in [0.1, 0.15) is 17.9 Å². The standard InChI is InChI=1S/C9H12N2O/c1-9(2,3)8(12-4)7(5-10)6-11/h1-4H3. The Labute approximate surface area is 72.9 Å². The van der Waals surface area contributed by atoms with Crippen molar-refractivity contribution in [3.8, 4) is 12.1 Å². The van der Waals surface area contributed by atoms with Gasteiger partial charge in [-0.25, -0.2) is 0 Å². The molecular weight excluding hydrogens is 152 g/mol. The lowest BCUT2D eigenvalue weighted by Crippen LogP contribution is -2.13. The maximum atomic E-state index is 8.58. The van der Waals surface area contributed by atoms with Crippen molar-refractivity contribution in [2.75, 3.05) is 7.11 Å². The van der Waals surface area contributed by atoms with Crippen molar-refractivity contribution in [3.05, 3.63) is 11.3 Å². The van der Waals surface area contributed by atoms with E-state index >= 15 is 0 Å². The number of hydrogen-bond acceptors (Lipinski definition) is 3. The van der Waals surface area contributed by atoms with Crippen LogP contribution in [0.25, 0.3) is 0 Å². The number of ether oxygens (including phenoxy) is 1. The highest BCUT2D eigenvalue weighted by molar-refractivity contribution is 5.39. The molecule has 0 saturated heterocycles. The SMILES string of the molecule is COC(=C(C#N)C#N)C(C)(C)C. The van der Waals surface area contributed by atoms with E-state index in [1.54, 1.807) is 12.1 Å². The van der Waals surface area contributed by atoms with Gasteiger partial charge in [-0.05, 0) is 0 Å². The molecule has 0 aliphatic rings. The predicted octanol–water partition coefficient (Wildman–Crippen LogP) is 1.98. The maximum absolute atomic E-state index is 8.58. The van der Waals surface area contributed by atoms with Crippen molar-refractivity contribution in [3.63, 3.8) is 0 Å². The number of rotatable bonds is 1. The summed E-state index contributed by atoms with van der Waals surface area (Å²) < 4.78 is 4.99. The quantitative estimate of drug-likeness (QED) is 0.440. The molecule has 0 aliphatic heterocycles. The minimum absolute atomic E-state index is 0.0463. The third kappa shape index (κ3) is 2.29. The highest BCUT2D eigenvalue weighted by atomic mass is 16.5. The first-order valence-corrected chi connectivity index (χ1v) is 3.56. The first-order chi connectivity index (χ1) is 5.47. The Morgan fingerprint density at radius 3 is 1.67 bits per heavy atom. The van der Waals surface area contributed by atoms with Crippen LogP contribution in [0.2, 0.25) is 0 Å². The molecule has 12 heavy (non-hydrogen) atoms. The van der Waals surface area contributed by atoms with Gasteiger partial charge in [-0.1, -0.05) is 20.8 Å². The van der Waals surface area contributed by atoms with Gasteiger partial charge in [0.05, 0.1) is 7.11 Å². The van der Waals surface area contributed by atoms with Crippen LogP contribution in [0.5, 0.6) is 0 Å². The zero-order chi connectivity index (χ0) is 9.78. The molecule has 0 radical (unpaired) electrons. The molecule has 0 saturated carbocycles. The second-order valence-electron chi connectivity index (χ2n) is 3.38. The Morgan fingerprint density at radius 1 is 1.17 bits per heavy atom. The topological polar surface area (TPSA) is 56.8 Å². The highest BCUT2D eigenvalue weighted by Crippen LogP contribution is 2.27. The minimum atomic E-state index is -0.296. The first-order valence-electron chi connectivity index (χ1n) is 3.56. The summed E-state index contributed by atoms with van der Waals surface area (Å²) in [7, 11) is 1.47. The molecule has 3 nitrogen and oxygen atoms in total. The van der Waals surface area contributed by atoms with Crippen LogP contribution >= 0.6 is 0 Å². The molecule has 0 rings (SSSR count). The number of methoxy groups -OCH3 is 1. The third-order valence-electron chi connectivity index (χ3n) is 1.34. The van der Waals surface area contributed by atoms with Gasteiger partial charge < -0.3 is 4.74 Å². The van der Waals surface area contributed by atoms with E-state index in [4.69, 9.17) is 15.3 Å². The van der Waals surface area contributed by atoms with Crippen LogP contribution in [0.1, 0.15) is 20.8 Å². The molecule has 3 heteroatoms. The Bertz CT molecular complexity index is 254. The van der Waals surface area contributed by atoms with Crippen LogP contribution in [-0.2, 0) is 4.74 Å². The van der Waals surface area contributed by atoms with Crippen LogP contribution < -0.4 is 0 Å². The Hall–Kier alpha value is -1.48. The lowest BCUT2D eigenvalue weighted by molar-refractivity contribution is 0.204. The summed E-state index contributed by atoms with van der Waals surface area (Å²) in [4.78, 5) is 0. The van der Waals surface area contributed by atoms with E-state index in [1.807, 2.05) is 20.8 Å². The summed E-state index contributed by atoms with van der Waals surface area (Å²) in [5, 5.41) is 17.2. The third-order valence-corrected chi connectivity index (χ3v) is 1.34. The summed E-state index contributed by atoms with van der Waals surface area (Å²) in [6.07, 6.45) is 0. The fourth-order valence-electron chi connectivity index (χ4n) is 0.910. The molecule has 0 amide bonds. The Morgan fingerprint density at radius 2 is 1.58 bits per heavy atom. The Kier molecular flexibility index (Phi) is 3.31. The van der Waals surface area contributed by atoms with Crippen molar-refractivity contribution >= 4 is 0 Å². The van der Waals surface area contributed by atoms with E-state index < -0.39 is 0 Å². The monoisotopic (exact) mass is 164 g/mol. The van der Waals surface area contributed by atoms with E-state index in [9.17, 15) is 0 Å². The molecule has 0 atom stereocenters. The first kappa shape index (κ1) is 10.5. The van der Waals surface area contributed by atoms with E-state index in [2.05, 4.69) is 0 Å². The van der Waals surface area contributed by atoms with E-state index in [-0.39, 0.29) is 11.0 Å². The molecule has 0 aromatic rings. The molecule has 64 valence electrons. The van der Waals surface area contributed by atoms with Crippen molar-refractivity contribution in [1.82, 2.24) is 0 Å². The number of allylic oxidation sites excluding steroid dienone is 2. The van der Waals surface area contributed by atoms with Gasteiger partial charge >= 0.3 is 0 Å². The minimum Gasteiger partial charge on any atom is -0.498 e. The van der Waals surface area contributed by atoms with E-state index in [0.29, 0.717) is 5.76 Å². The van der Waals surface area contributed by atoms with Crippen LogP contribution in [0.3, 0.4) is 0 Å². The normalized spacial score (nSPS) is 9.50. The van der Waals surface area contributed by atoms with Gasteiger partial charge in [0.25, 0.3) is 0 Å². The number of nitrogens with zero attached hydrogens (tertiary/aromatic N) is 2. The summed E-state index contributed by atoms with van der Waals surface area (Å²) in [6.45, 7) is 5.67. The van der Waals surface area contributed by atoms with Crippen LogP contribution in [0.15, 0.2) is 11.3 Å². The van der Waals surface area contributed by atoms with E-state index in [0.717, 1.165) is 0 Å². The molecule has 0 bridgehead atoms. The van der Waals surface area contributed by atoms with Crippen molar-refractivity contribution in [1.29, 1.82) is 10.5 Å². The molecule has 0 spiro atoms. The lowest BCUT2D eigenvalue weighted by atomic mass is 9.91. The van der Waals surface area contributed by atoms with Crippen LogP contribution in [0, 0.1) is 28.1 Å². The smallest absolute Gasteiger partial charge is 0.167 e. The summed E-state index contributed by atoms with van der Waals surface area (Å²) >= 11 is 0. The van der Waals surface area contributed by atoms with Crippen molar-refractivity contribution in [2.24, 2.45) is 5.41 Å². The number of hydrogen-bond donors (Lipinski definition) is 0. The molecule has 0 heterocycles. The summed E-state index contributed by atoms with van der Waals surface area (Å²) in [5.74, 6) is 0.438. The van der Waals surface area contributed by atoms with Gasteiger partial charge in [-0.2, -0.15) is 10.5 Å². The van der Waals surface area contributed by atoms with Gasteiger partial charge in [-0.3, -0.25) is 0 Å². The molecule has 0 aromatic heterocycles. The zero-order valence-electron chi connectivity index (χ0n) is 7.80. The number of nitriles is 2. The summed E-state index contributed by atoms with van der Waals surface area (Å²) in [6, 6.07) is 3.61. The zero-order valence-corrected chi connectivity index (χ0v) is 7.80. The molecule has 0 aromatic carbocycles. The van der Waals surface area contributed by atoms with Crippen molar-refractivity contribution < 1.29 is 4.74 Å². The van der Waals surface area contributed by atoms with Gasteiger partial charge in [0.15, 0.2) is 5.57 Å². The van der Waals surface area contributed by atoms with E-state index in [1.165, 1.54) is 7.11 Å². The second kappa shape index (κ2) is 3.78. The van der Waals surface area contributed by atoms with Crippen LogP contribution in [0.4, 0.5) is 0 Å². The average Bonchev–Trinajstić information content (AvgIpc) is 1.97. The van der Waals surface area contributed by atoms with Gasteiger partial charge in [-0.15, -0.1) is 0 Å². The molecule has 0 aliphatic carbocycles. The van der Waals surface area contributed by atoms with Crippen LogP contribution in [-0.4, -0.2) is 7.11 Å². The lowest BCUT2D eigenvalue weighted by Gasteiger charge is -2.20. The fourth-order valence-corrected chi connectivity index (χ4v) is 0.910. The predicted molar refractivity (Wildman–Crippen MR) is 44.7 cm³/mol. The Balaban J connectivity index is 5.18.